The van der Waals surface area contributed by atoms with Gasteiger partial charge in [-0.25, -0.2) is 0 Å². The fourth-order valence-electron chi connectivity index (χ4n) is 2.02. The van der Waals surface area contributed by atoms with Gasteiger partial charge in [0.15, 0.2) is 0 Å². The highest BCUT2D eigenvalue weighted by atomic mass is 16.2. The Bertz CT molecular complexity index is 308. The van der Waals surface area contributed by atoms with E-state index in [9.17, 15) is 9.59 Å². The van der Waals surface area contributed by atoms with Crippen molar-refractivity contribution in [2.45, 2.75) is 85.0 Å². The van der Waals surface area contributed by atoms with Crippen LogP contribution in [0.25, 0.3) is 0 Å². The number of carbonyl (C=O) groups is 2. The number of rotatable bonds is 11. The summed E-state index contributed by atoms with van der Waals surface area (Å²) in [6.45, 7) is 5.73. The smallest absolute Gasteiger partial charge is 0.253 e. The Morgan fingerprint density at radius 1 is 0.900 bits per heavy atom. The van der Waals surface area contributed by atoms with Crippen molar-refractivity contribution in [3.63, 3.8) is 0 Å². The van der Waals surface area contributed by atoms with Crippen LogP contribution in [0.2, 0.25) is 0 Å². The third-order valence-corrected chi connectivity index (χ3v) is 3.55. The highest BCUT2D eigenvalue weighted by Crippen LogP contribution is 2.10. The fraction of sp³-hybridized carbons (Fsp3) is 0.765. The summed E-state index contributed by atoms with van der Waals surface area (Å²) in [5, 5.41) is 2.41. The van der Waals surface area contributed by atoms with Gasteiger partial charge in [-0.1, -0.05) is 64.4 Å². The second kappa shape index (κ2) is 12.9. The van der Waals surface area contributed by atoms with Crippen LogP contribution in [0, 0.1) is 0 Å². The van der Waals surface area contributed by atoms with E-state index in [4.69, 9.17) is 0 Å². The first-order chi connectivity index (χ1) is 9.61. The predicted molar refractivity (Wildman–Crippen MR) is 84.4 cm³/mol. The average molecular weight is 281 g/mol. The van der Waals surface area contributed by atoms with E-state index in [1.165, 1.54) is 44.9 Å². The van der Waals surface area contributed by atoms with E-state index in [0.717, 1.165) is 12.8 Å². The number of hydrogen-bond acceptors (Lipinski definition) is 2. The molecule has 0 bridgehead atoms. The minimum atomic E-state index is -0.270. The molecule has 0 aliphatic rings. The normalized spacial score (nSPS) is 11.4. The molecule has 20 heavy (non-hydrogen) atoms. The van der Waals surface area contributed by atoms with Crippen LogP contribution in [0.5, 0.6) is 0 Å². The van der Waals surface area contributed by atoms with E-state index in [1.807, 2.05) is 0 Å². The molecule has 0 aromatic heterocycles. The van der Waals surface area contributed by atoms with E-state index >= 15 is 0 Å². The van der Waals surface area contributed by atoms with Gasteiger partial charge in [-0.2, -0.15) is 0 Å². The summed E-state index contributed by atoms with van der Waals surface area (Å²) in [4.78, 5) is 23.0. The number of amides is 2. The number of nitrogens with one attached hydrogen (secondary N) is 1. The van der Waals surface area contributed by atoms with Crippen molar-refractivity contribution in [2.24, 2.45) is 0 Å². The standard InChI is InChI=1S/C17H31NO2/c1-4-6-7-8-9-10-11-12-13-14-16(19)18-17(20)15(3)5-2/h5H,4,6-14H2,1-3H3,(H,18,19,20). The van der Waals surface area contributed by atoms with Crippen molar-refractivity contribution in [2.75, 3.05) is 0 Å². The molecule has 0 aromatic carbocycles. The highest BCUT2D eigenvalue weighted by Gasteiger charge is 2.08. The quantitative estimate of drug-likeness (QED) is 0.447. The lowest BCUT2D eigenvalue weighted by Gasteiger charge is -2.04. The van der Waals surface area contributed by atoms with Gasteiger partial charge < -0.3 is 0 Å². The molecule has 3 nitrogen and oxygen atoms in total. The lowest BCUT2D eigenvalue weighted by Crippen LogP contribution is -2.30. The first-order valence-electron chi connectivity index (χ1n) is 8.08. The van der Waals surface area contributed by atoms with Crippen molar-refractivity contribution < 1.29 is 9.59 Å². The van der Waals surface area contributed by atoms with Gasteiger partial charge in [0.05, 0.1) is 0 Å². The van der Waals surface area contributed by atoms with Crippen molar-refractivity contribution in [3.05, 3.63) is 11.6 Å². The van der Waals surface area contributed by atoms with Crippen LogP contribution in [0.15, 0.2) is 11.6 Å². The molecule has 0 heterocycles. The Labute approximate surface area is 124 Å². The summed E-state index contributed by atoms with van der Waals surface area (Å²) in [5.41, 5.74) is 0.588. The van der Waals surface area contributed by atoms with Gasteiger partial charge in [0, 0.05) is 12.0 Å². The minimum Gasteiger partial charge on any atom is -0.293 e. The van der Waals surface area contributed by atoms with E-state index in [2.05, 4.69) is 12.2 Å². The van der Waals surface area contributed by atoms with Crippen molar-refractivity contribution >= 4 is 11.8 Å². The van der Waals surface area contributed by atoms with Crippen molar-refractivity contribution in [1.29, 1.82) is 0 Å². The molecule has 116 valence electrons. The molecular formula is C17H31NO2. The van der Waals surface area contributed by atoms with E-state index in [1.54, 1.807) is 19.9 Å². The zero-order valence-corrected chi connectivity index (χ0v) is 13.5. The summed E-state index contributed by atoms with van der Waals surface area (Å²) in [6, 6.07) is 0. The summed E-state index contributed by atoms with van der Waals surface area (Å²) < 4.78 is 0. The molecule has 0 spiro atoms. The number of hydrogen-bond donors (Lipinski definition) is 1. The van der Waals surface area contributed by atoms with Gasteiger partial charge >= 0.3 is 0 Å². The van der Waals surface area contributed by atoms with Gasteiger partial charge in [0.1, 0.15) is 0 Å². The first kappa shape index (κ1) is 18.9. The predicted octanol–water partition coefficient (Wildman–Crippen LogP) is 4.52. The van der Waals surface area contributed by atoms with Crippen LogP contribution in [0.3, 0.4) is 0 Å². The number of carbonyl (C=O) groups excluding carboxylic acids is 2. The second-order valence-electron chi connectivity index (χ2n) is 5.43. The lowest BCUT2D eigenvalue weighted by molar-refractivity contribution is -0.128. The summed E-state index contributed by atoms with van der Waals surface area (Å²) in [7, 11) is 0. The van der Waals surface area contributed by atoms with Crippen molar-refractivity contribution in [1.82, 2.24) is 5.32 Å². The Hall–Kier alpha value is -1.12. The van der Waals surface area contributed by atoms with Crippen LogP contribution in [-0.2, 0) is 9.59 Å². The summed E-state index contributed by atoms with van der Waals surface area (Å²) >= 11 is 0. The zero-order chi connectivity index (χ0) is 15.2. The summed E-state index contributed by atoms with van der Waals surface area (Å²) in [5.74, 6) is -0.424. The molecule has 0 aliphatic heterocycles. The first-order valence-corrected chi connectivity index (χ1v) is 8.08. The third kappa shape index (κ3) is 10.8. The lowest BCUT2D eigenvalue weighted by atomic mass is 10.1. The maximum absolute atomic E-state index is 11.5. The molecule has 0 aromatic rings. The van der Waals surface area contributed by atoms with Crippen LogP contribution in [0.4, 0.5) is 0 Å². The van der Waals surface area contributed by atoms with Gasteiger partial charge in [0.25, 0.3) is 5.91 Å². The molecule has 0 radical (unpaired) electrons. The van der Waals surface area contributed by atoms with Crippen LogP contribution in [0.1, 0.15) is 85.0 Å². The number of unbranched alkanes of at least 4 members (excludes halogenated alkanes) is 8. The largest absolute Gasteiger partial charge is 0.293 e. The average Bonchev–Trinajstić information content (AvgIpc) is 2.44. The van der Waals surface area contributed by atoms with E-state index in [0.29, 0.717) is 12.0 Å². The van der Waals surface area contributed by atoms with E-state index in [-0.39, 0.29) is 11.8 Å². The van der Waals surface area contributed by atoms with Crippen LogP contribution >= 0.6 is 0 Å². The van der Waals surface area contributed by atoms with Crippen molar-refractivity contribution in [3.8, 4) is 0 Å². The fourth-order valence-corrected chi connectivity index (χ4v) is 2.02. The molecule has 0 rings (SSSR count). The Morgan fingerprint density at radius 2 is 1.40 bits per heavy atom. The molecule has 0 saturated heterocycles. The molecule has 0 saturated carbocycles. The molecule has 2 amide bonds. The maximum Gasteiger partial charge on any atom is 0.253 e. The molecular weight excluding hydrogens is 250 g/mol. The molecule has 0 atom stereocenters. The third-order valence-electron chi connectivity index (χ3n) is 3.55. The molecule has 0 aliphatic carbocycles. The molecule has 0 unspecified atom stereocenters. The second-order valence-corrected chi connectivity index (χ2v) is 5.43. The maximum atomic E-state index is 11.5. The van der Waals surface area contributed by atoms with Gasteiger partial charge in [0.2, 0.25) is 5.91 Å². The van der Waals surface area contributed by atoms with Crippen LogP contribution < -0.4 is 5.32 Å². The SMILES string of the molecule is CC=C(C)C(=O)NC(=O)CCCCCCCCCCC. The Balaban J connectivity index is 3.42. The Kier molecular flexibility index (Phi) is 12.2. The zero-order valence-electron chi connectivity index (χ0n) is 13.5. The summed E-state index contributed by atoms with van der Waals surface area (Å²) in [6.07, 6.45) is 13.2. The molecule has 0 fully saturated rings. The van der Waals surface area contributed by atoms with Crippen LogP contribution in [-0.4, -0.2) is 11.8 Å². The monoisotopic (exact) mass is 281 g/mol. The topological polar surface area (TPSA) is 46.2 Å². The van der Waals surface area contributed by atoms with Gasteiger partial charge in [-0.3, -0.25) is 14.9 Å². The minimum absolute atomic E-state index is 0.154. The number of imide groups is 1. The van der Waals surface area contributed by atoms with E-state index < -0.39 is 0 Å². The number of allylic oxidation sites excluding steroid dienone is 1. The molecule has 1 N–H and O–H groups in total. The van der Waals surface area contributed by atoms with Gasteiger partial charge in [-0.05, 0) is 20.3 Å². The molecule has 3 heteroatoms. The highest BCUT2D eigenvalue weighted by molar-refractivity contribution is 6.03. The Morgan fingerprint density at radius 3 is 1.90 bits per heavy atom. The van der Waals surface area contributed by atoms with Gasteiger partial charge in [-0.15, -0.1) is 0 Å².